The first kappa shape index (κ1) is 53.4. The minimum Gasteiger partial charge on any atom is -0.480 e. The van der Waals surface area contributed by atoms with Gasteiger partial charge in [-0.05, 0) is 57.8 Å². The molecule has 1 unspecified atom stereocenters. The third-order valence-corrected chi connectivity index (χ3v) is 10.1. The zero-order valence-electron chi connectivity index (χ0n) is 34.8. The van der Waals surface area contributed by atoms with Crippen LogP contribution in [0.25, 0.3) is 0 Å². The molecule has 0 fully saturated rings. The number of hydrogen-bond donors (Lipinski definition) is 3. The topological polar surface area (TPSA) is 172 Å². The third kappa shape index (κ3) is 38.3. The number of nitrogens with two attached hydrogens (primary N) is 1. The number of hydrogen-bond acceptors (Lipinski definition) is 9. The number of aliphatic carboxylic acids is 1. The zero-order valence-corrected chi connectivity index (χ0v) is 35.7. The van der Waals surface area contributed by atoms with Crippen molar-refractivity contribution < 1.29 is 47.5 Å². The van der Waals surface area contributed by atoms with Crippen LogP contribution in [0.4, 0.5) is 0 Å². The van der Waals surface area contributed by atoms with E-state index in [1.807, 2.05) is 12.2 Å². The van der Waals surface area contributed by atoms with Crippen molar-refractivity contribution >= 4 is 25.7 Å². The Balaban J connectivity index is 4.43. The average molecular weight is 812 g/mol. The van der Waals surface area contributed by atoms with Gasteiger partial charge in [0.15, 0.2) is 6.10 Å². The molecular formula is C44H78NO10P. The largest absolute Gasteiger partial charge is 0.480 e. The van der Waals surface area contributed by atoms with Crippen molar-refractivity contribution in [2.75, 3.05) is 19.8 Å². The molecule has 0 spiro atoms. The quantitative estimate of drug-likeness (QED) is 0.0232. The maximum Gasteiger partial charge on any atom is 0.472 e. The second-order valence-corrected chi connectivity index (χ2v) is 16.0. The number of carbonyl (C=O) groups excluding carboxylic acids is 2. The Morgan fingerprint density at radius 3 is 1.59 bits per heavy atom. The summed E-state index contributed by atoms with van der Waals surface area (Å²) in [5.74, 6) is -2.45. The highest BCUT2D eigenvalue weighted by atomic mass is 31.2. The molecule has 56 heavy (non-hydrogen) atoms. The van der Waals surface area contributed by atoms with Crippen molar-refractivity contribution in [3.63, 3.8) is 0 Å². The van der Waals surface area contributed by atoms with Crippen molar-refractivity contribution in [3.05, 3.63) is 49.1 Å². The van der Waals surface area contributed by atoms with E-state index in [0.717, 1.165) is 44.9 Å². The van der Waals surface area contributed by atoms with E-state index in [2.05, 4.69) is 48.4 Å². The molecule has 0 aliphatic rings. The number of phosphoric acid groups is 1. The van der Waals surface area contributed by atoms with Crippen molar-refractivity contribution in [2.45, 2.75) is 192 Å². The van der Waals surface area contributed by atoms with Gasteiger partial charge in [0.05, 0.1) is 13.2 Å². The van der Waals surface area contributed by atoms with Gasteiger partial charge in [0.1, 0.15) is 12.6 Å². The van der Waals surface area contributed by atoms with Crippen LogP contribution in [0.5, 0.6) is 0 Å². The highest BCUT2D eigenvalue weighted by Gasteiger charge is 2.28. The van der Waals surface area contributed by atoms with Gasteiger partial charge in [0.25, 0.3) is 0 Å². The van der Waals surface area contributed by atoms with E-state index >= 15 is 0 Å². The summed E-state index contributed by atoms with van der Waals surface area (Å²) in [6.45, 7) is 4.26. The van der Waals surface area contributed by atoms with E-state index in [1.54, 1.807) is 0 Å². The molecular weight excluding hydrogens is 733 g/mol. The molecule has 324 valence electrons. The van der Waals surface area contributed by atoms with Crippen molar-refractivity contribution in [1.82, 2.24) is 0 Å². The number of carbonyl (C=O) groups is 3. The minimum atomic E-state index is -4.73. The summed E-state index contributed by atoms with van der Waals surface area (Å²) in [5, 5.41) is 8.88. The Morgan fingerprint density at radius 2 is 1.05 bits per heavy atom. The third-order valence-electron chi connectivity index (χ3n) is 9.20. The van der Waals surface area contributed by atoms with Gasteiger partial charge in [-0.2, -0.15) is 0 Å². The van der Waals surface area contributed by atoms with E-state index < -0.39 is 51.1 Å². The number of carboxylic acid groups (broad SMARTS) is 1. The molecule has 0 aliphatic heterocycles. The smallest absolute Gasteiger partial charge is 0.472 e. The number of phosphoric ester groups is 1. The van der Waals surface area contributed by atoms with Gasteiger partial charge in [-0.25, -0.2) is 4.57 Å². The van der Waals surface area contributed by atoms with E-state index in [4.69, 9.17) is 24.8 Å². The molecule has 12 heteroatoms. The molecule has 0 saturated carbocycles. The SMILES string of the molecule is C=CCCCCCCCCCCCCCCCC(=O)O[C@H](COC(=O)CCC/C=C/C/C=C/C/C=C/CCCCCCCC)COP(=O)(O)OC[C@H](N)C(=O)O. The summed E-state index contributed by atoms with van der Waals surface area (Å²) in [7, 11) is -4.73. The lowest BCUT2D eigenvalue weighted by molar-refractivity contribution is -0.161. The molecule has 0 radical (unpaired) electrons. The minimum absolute atomic E-state index is 0.148. The Kier molecular flexibility index (Phi) is 37.5. The van der Waals surface area contributed by atoms with Gasteiger partial charge >= 0.3 is 25.7 Å². The Bertz CT molecular complexity index is 1130. The lowest BCUT2D eigenvalue weighted by atomic mass is 10.0. The molecule has 0 heterocycles. The van der Waals surface area contributed by atoms with E-state index in [-0.39, 0.29) is 19.4 Å². The Morgan fingerprint density at radius 1 is 0.607 bits per heavy atom. The van der Waals surface area contributed by atoms with Crippen LogP contribution in [0.2, 0.25) is 0 Å². The molecule has 0 rings (SSSR count). The van der Waals surface area contributed by atoms with Crippen LogP contribution in [0.3, 0.4) is 0 Å². The molecule has 0 aromatic carbocycles. The molecule has 0 aromatic heterocycles. The van der Waals surface area contributed by atoms with Crippen molar-refractivity contribution in [1.29, 1.82) is 0 Å². The van der Waals surface area contributed by atoms with E-state index in [1.165, 1.54) is 96.3 Å². The molecule has 11 nitrogen and oxygen atoms in total. The summed E-state index contributed by atoms with van der Waals surface area (Å²) >= 11 is 0. The number of allylic oxidation sites excluding steroid dienone is 7. The van der Waals surface area contributed by atoms with Gasteiger partial charge < -0.3 is 25.2 Å². The predicted octanol–water partition coefficient (Wildman–Crippen LogP) is 11.4. The van der Waals surface area contributed by atoms with Crippen LogP contribution in [-0.4, -0.2) is 59.9 Å². The van der Waals surface area contributed by atoms with Crippen LogP contribution in [0.15, 0.2) is 49.1 Å². The molecule has 0 aliphatic carbocycles. The summed E-state index contributed by atoms with van der Waals surface area (Å²) in [5.41, 5.74) is 5.33. The van der Waals surface area contributed by atoms with Crippen molar-refractivity contribution in [3.8, 4) is 0 Å². The summed E-state index contributed by atoms with van der Waals surface area (Å²) in [6, 6.07) is -1.53. The monoisotopic (exact) mass is 812 g/mol. The fourth-order valence-electron chi connectivity index (χ4n) is 5.77. The van der Waals surface area contributed by atoms with Gasteiger partial charge in [-0.3, -0.25) is 23.4 Å². The molecule has 0 amide bonds. The number of unbranched alkanes of at least 4 members (excludes halogenated alkanes) is 20. The number of esters is 2. The second-order valence-electron chi connectivity index (χ2n) is 14.6. The average Bonchev–Trinajstić information content (AvgIpc) is 3.17. The summed E-state index contributed by atoms with van der Waals surface area (Å²) < 4.78 is 32.6. The maximum absolute atomic E-state index is 12.6. The lowest BCUT2D eigenvalue weighted by Gasteiger charge is -2.20. The first-order valence-corrected chi connectivity index (χ1v) is 23.1. The van der Waals surface area contributed by atoms with E-state index in [9.17, 15) is 23.8 Å². The van der Waals surface area contributed by atoms with Gasteiger partial charge in [0.2, 0.25) is 0 Å². The number of rotatable bonds is 41. The summed E-state index contributed by atoms with van der Waals surface area (Å²) in [6.07, 6.45) is 42.2. The number of carboxylic acids is 1. The van der Waals surface area contributed by atoms with Crippen LogP contribution < -0.4 is 5.73 Å². The fraction of sp³-hybridized carbons (Fsp3) is 0.750. The second kappa shape index (κ2) is 39.3. The predicted molar refractivity (Wildman–Crippen MR) is 226 cm³/mol. The highest BCUT2D eigenvalue weighted by Crippen LogP contribution is 2.43. The lowest BCUT2D eigenvalue weighted by Crippen LogP contribution is -2.34. The first-order valence-electron chi connectivity index (χ1n) is 21.6. The Labute approximate surface area is 339 Å². The normalized spacial score (nSPS) is 14.0. The standard InChI is InChI=1S/C44H78NO10P/c1-3-5-7-9-11-13-15-17-19-20-22-23-25-27-29-31-33-35-42(46)52-37-40(38-53-56(50,51)54-39-41(45)44(48)49)55-43(47)36-34-32-30-28-26-24-21-18-16-14-12-10-8-6-4-2/h4,17,19,22-23,27,29,40-41H,2-3,5-16,18,20-21,24-26,28,30-39,45H2,1H3,(H,48,49)(H,50,51)/b19-17+,23-22+,29-27+/t40-,41+/m1/s1. The molecule has 0 aromatic rings. The maximum atomic E-state index is 12.6. The number of ether oxygens (including phenoxy) is 2. The molecule has 4 N–H and O–H groups in total. The van der Waals surface area contributed by atoms with Gasteiger partial charge in [-0.15, -0.1) is 6.58 Å². The van der Waals surface area contributed by atoms with E-state index in [0.29, 0.717) is 19.3 Å². The highest BCUT2D eigenvalue weighted by molar-refractivity contribution is 7.47. The van der Waals surface area contributed by atoms with Crippen LogP contribution >= 0.6 is 7.82 Å². The molecule has 3 atom stereocenters. The zero-order chi connectivity index (χ0) is 41.4. The van der Waals surface area contributed by atoms with Gasteiger partial charge in [-0.1, -0.05) is 152 Å². The Hall–Kier alpha value is -2.56. The fourth-order valence-corrected chi connectivity index (χ4v) is 6.54. The van der Waals surface area contributed by atoms with Crippen LogP contribution in [-0.2, 0) is 37.5 Å². The first-order chi connectivity index (χ1) is 27.1. The van der Waals surface area contributed by atoms with Gasteiger partial charge in [0, 0.05) is 12.8 Å². The van der Waals surface area contributed by atoms with Crippen molar-refractivity contribution in [2.24, 2.45) is 5.73 Å². The molecule has 0 saturated heterocycles. The van der Waals surface area contributed by atoms with Crippen LogP contribution in [0, 0.1) is 0 Å². The molecule has 0 bridgehead atoms. The summed E-state index contributed by atoms with van der Waals surface area (Å²) in [4.78, 5) is 45.9. The van der Waals surface area contributed by atoms with Crippen LogP contribution in [0.1, 0.15) is 180 Å².